The Labute approximate surface area is 180 Å². The predicted octanol–water partition coefficient (Wildman–Crippen LogP) is 5.09. The molecule has 0 spiro atoms. The Balaban J connectivity index is 1.35. The molecule has 150 valence electrons. The van der Waals surface area contributed by atoms with Crippen molar-refractivity contribution in [1.82, 2.24) is 15.3 Å². The van der Waals surface area contributed by atoms with Crippen molar-refractivity contribution in [1.29, 1.82) is 0 Å². The van der Waals surface area contributed by atoms with Crippen molar-refractivity contribution >= 4 is 17.2 Å². The molecule has 1 N–H and O–H groups in total. The number of nitrogens with one attached hydrogen (secondary N) is 1. The number of rotatable bonds is 8. The van der Waals surface area contributed by atoms with Crippen LogP contribution in [0.3, 0.4) is 0 Å². The summed E-state index contributed by atoms with van der Waals surface area (Å²) < 4.78 is 0. The SMILES string of the molecule is O=C(CC(c1ccccc1)c1ccccc1)NCCc1csc(-c2ccccn2)n1. The summed E-state index contributed by atoms with van der Waals surface area (Å²) in [5, 5.41) is 6.00. The molecule has 4 rings (SSSR count). The Hall–Kier alpha value is -3.31. The molecule has 0 radical (unpaired) electrons. The molecular weight excluding hydrogens is 390 g/mol. The van der Waals surface area contributed by atoms with Gasteiger partial charge in [-0.3, -0.25) is 9.78 Å². The second-order valence-electron chi connectivity index (χ2n) is 7.04. The van der Waals surface area contributed by atoms with Gasteiger partial charge in [0.05, 0.1) is 11.4 Å². The molecule has 5 heteroatoms. The number of benzene rings is 2. The second kappa shape index (κ2) is 9.94. The molecule has 0 bridgehead atoms. The lowest BCUT2D eigenvalue weighted by Crippen LogP contribution is -2.27. The van der Waals surface area contributed by atoms with E-state index in [2.05, 4.69) is 39.6 Å². The highest BCUT2D eigenvalue weighted by Gasteiger charge is 2.18. The van der Waals surface area contributed by atoms with Crippen molar-refractivity contribution in [2.45, 2.75) is 18.8 Å². The molecule has 0 aliphatic heterocycles. The standard InChI is InChI=1S/C25H23N3OS/c29-24(17-22(19-9-3-1-4-10-19)20-11-5-2-6-12-20)27-16-14-21-18-30-25(28-21)23-13-7-8-15-26-23/h1-13,15,18,22H,14,16-17H2,(H,27,29). The largest absolute Gasteiger partial charge is 0.356 e. The molecule has 30 heavy (non-hydrogen) atoms. The molecule has 0 unspecified atom stereocenters. The number of carbonyl (C=O) groups is 1. The molecule has 2 heterocycles. The highest BCUT2D eigenvalue weighted by Crippen LogP contribution is 2.27. The van der Waals surface area contributed by atoms with Crippen LogP contribution < -0.4 is 5.32 Å². The van der Waals surface area contributed by atoms with Crippen molar-refractivity contribution < 1.29 is 4.79 Å². The summed E-state index contributed by atoms with van der Waals surface area (Å²) in [6.45, 7) is 0.570. The van der Waals surface area contributed by atoms with Crippen molar-refractivity contribution in [3.05, 3.63) is 107 Å². The molecule has 0 atom stereocenters. The van der Waals surface area contributed by atoms with Gasteiger partial charge in [-0.2, -0.15) is 0 Å². The Kier molecular flexibility index (Phi) is 6.62. The third-order valence-corrected chi connectivity index (χ3v) is 5.85. The molecule has 0 fully saturated rings. The van der Waals surface area contributed by atoms with E-state index in [1.165, 1.54) is 0 Å². The minimum absolute atomic E-state index is 0.0439. The topological polar surface area (TPSA) is 54.9 Å². The highest BCUT2D eigenvalue weighted by atomic mass is 32.1. The lowest BCUT2D eigenvalue weighted by molar-refractivity contribution is -0.121. The van der Waals surface area contributed by atoms with E-state index in [0.29, 0.717) is 19.4 Å². The van der Waals surface area contributed by atoms with Crippen molar-refractivity contribution in [2.75, 3.05) is 6.54 Å². The van der Waals surface area contributed by atoms with Crippen LogP contribution in [0.2, 0.25) is 0 Å². The van der Waals surface area contributed by atoms with E-state index in [9.17, 15) is 4.79 Å². The molecule has 2 aromatic heterocycles. The van der Waals surface area contributed by atoms with Crippen LogP contribution in [-0.4, -0.2) is 22.4 Å². The minimum atomic E-state index is 0.0439. The normalized spacial score (nSPS) is 10.8. The molecule has 0 aliphatic carbocycles. The van der Waals surface area contributed by atoms with Crippen molar-refractivity contribution in [3.8, 4) is 10.7 Å². The fourth-order valence-electron chi connectivity index (χ4n) is 3.42. The Morgan fingerprint density at radius 2 is 1.57 bits per heavy atom. The number of amides is 1. The zero-order chi connectivity index (χ0) is 20.6. The molecular formula is C25H23N3OS. The Morgan fingerprint density at radius 3 is 2.20 bits per heavy atom. The van der Waals surface area contributed by atoms with Crippen LogP contribution in [0, 0.1) is 0 Å². The van der Waals surface area contributed by atoms with Crippen LogP contribution in [-0.2, 0) is 11.2 Å². The van der Waals surface area contributed by atoms with Gasteiger partial charge in [0.2, 0.25) is 5.91 Å². The summed E-state index contributed by atoms with van der Waals surface area (Å²) in [5.41, 5.74) is 4.16. The molecule has 1 amide bonds. The number of thiazole rings is 1. The third kappa shape index (κ3) is 5.19. The molecule has 2 aromatic carbocycles. The first-order valence-electron chi connectivity index (χ1n) is 10.0. The predicted molar refractivity (Wildman–Crippen MR) is 121 cm³/mol. The number of aromatic nitrogens is 2. The number of pyridine rings is 1. The highest BCUT2D eigenvalue weighted by molar-refractivity contribution is 7.13. The quantitative estimate of drug-likeness (QED) is 0.438. The first-order valence-corrected chi connectivity index (χ1v) is 10.9. The summed E-state index contributed by atoms with van der Waals surface area (Å²) in [5.74, 6) is 0.0929. The Bertz CT molecular complexity index is 1030. The van der Waals surface area contributed by atoms with Gasteiger partial charge in [0, 0.05) is 36.9 Å². The van der Waals surface area contributed by atoms with Crippen LogP contribution in [0.1, 0.15) is 29.2 Å². The van der Waals surface area contributed by atoms with Gasteiger partial charge in [-0.1, -0.05) is 66.7 Å². The van der Waals surface area contributed by atoms with Crippen LogP contribution in [0.25, 0.3) is 10.7 Å². The lowest BCUT2D eigenvalue weighted by atomic mass is 9.88. The molecule has 4 nitrogen and oxygen atoms in total. The summed E-state index contributed by atoms with van der Waals surface area (Å²) in [6.07, 6.45) is 2.90. The fraction of sp³-hybridized carbons (Fsp3) is 0.160. The molecule has 0 aliphatic rings. The number of carbonyl (C=O) groups excluding carboxylic acids is 1. The average Bonchev–Trinajstić information content (AvgIpc) is 3.28. The van der Waals surface area contributed by atoms with Crippen molar-refractivity contribution in [2.24, 2.45) is 0 Å². The fourth-order valence-corrected chi connectivity index (χ4v) is 4.24. The van der Waals surface area contributed by atoms with Crippen LogP contribution in [0.4, 0.5) is 0 Å². The van der Waals surface area contributed by atoms with Gasteiger partial charge >= 0.3 is 0 Å². The maximum atomic E-state index is 12.7. The van der Waals surface area contributed by atoms with E-state index >= 15 is 0 Å². The first kappa shape index (κ1) is 20.0. The van der Waals surface area contributed by atoms with Gasteiger partial charge in [0.15, 0.2) is 0 Å². The lowest BCUT2D eigenvalue weighted by Gasteiger charge is -2.17. The van der Waals surface area contributed by atoms with Gasteiger partial charge in [-0.15, -0.1) is 11.3 Å². The van der Waals surface area contributed by atoms with Gasteiger partial charge in [-0.05, 0) is 23.3 Å². The second-order valence-corrected chi connectivity index (χ2v) is 7.90. The number of hydrogen-bond acceptors (Lipinski definition) is 4. The zero-order valence-corrected chi connectivity index (χ0v) is 17.4. The van der Waals surface area contributed by atoms with E-state index in [1.807, 2.05) is 60.0 Å². The maximum Gasteiger partial charge on any atom is 0.220 e. The van der Waals surface area contributed by atoms with E-state index in [-0.39, 0.29) is 11.8 Å². The van der Waals surface area contributed by atoms with Gasteiger partial charge < -0.3 is 5.32 Å². The summed E-state index contributed by atoms with van der Waals surface area (Å²) in [4.78, 5) is 21.7. The van der Waals surface area contributed by atoms with Crippen molar-refractivity contribution in [3.63, 3.8) is 0 Å². The van der Waals surface area contributed by atoms with E-state index in [1.54, 1.807) is 17.5 Å². The summed E-state index contributed by atoms with van der Waals surface area (Å²) in [6, 6.07) is 26.2. The molecule has 0 saturated carbocycles. The minimum Gasteiger partial charge on any atom is -0.356 e. The number of hydrogen-bond donors (Lipinski definition) is 1. The van der Waals surface area contributed by atoms with Gasteiger partial charge in [-0.25, -0.2) is 4.98 Å². The zero-order valence-electron chi connectivity index (χ0n) is 16.6. The van der Waals surface area contributed by atoms with E-state index in [4.69, 9.17) is 0 Å². The average molecular weight is 414 g/mol. The van der Waals surface area contributed by atoms with Gasteiger partial charge in [0.25, 0.3) is 0 Å². The van der Waals surface area contributed by atoms with Gasteiger partial charge in [0.1, 0.15) is 5.01 Å². The summed E-state index contributed by atoms with van der Waals surface area (Å²) >= 11 is 1.58. The van der Waals surface area contributed by atoms with Crippen LogP contribution in [0.15, 0.2) is 90.4 Å². The first-order chi connectivity index (χ1) is 14.8. The monoisotopic (exact) mass is 413 g/mol. The van der Waals surface area contributed by atoms with Crippen LogP contribution >= 0.6 is 11.3 Å². The molecule has 0 saturated heterocycles. The van der Waals surface area contributed by atoms with E-state index in [0.717, 1.165) is 27.5 Å². The third-order valence-electron chi connectivity index (χ3n) is 4.93. The maximum absolute atomic E-state index is 12.7. The van der Waals surface area contributed by atoms with Crippen LogP contribution in [0.5, 0.6) is 0 Å². The summed E-state index contributed by atoms with van der Waals surface area (Å²) in [7, 11) is 0. The Morgan fingerprint density at radius 1 is 0.900 bits per heavy atom. The van der Waals surface area contributed by atoms with E-state index < -0.39 is 0 Å². The smallest absolute Gasteiger partial charge is 0.220 e. The molecule has 4 aromatic rings. The number of nitrogens with zero attached hydrogens (tertiary/aromatic N) is 2.